The minimum Gasteiger partial charge on any atom is -0.377 e. The molecule has 1 N–H and O–H groups in total. The van der Waals surface area contributed by atoms with Crippen LogP contribution in [-0.2, 0) is 0 Å². The summed E-state index contributed by atoms with van der Waals surface area (Å²) in [6, 6.07) is 5.83. The van der Waals surface area contributed by atoms with Crippen molar-refractivity contribution in [3.63, 3.8) is 0 Å². The van der Waals surface area contributed by atoms with Crippen molar-refractivity contribution in [2.45, 2.75) is 44.4 Å². The Hall–Kier alpha value is -1.23. The molecule has 5 heteroatoms. The van der Waals surface area contributed by atoms with E-state index >= 15 is 0 Å². The summed E-state index contributed by atoms with van der Waals surface area (Å²) in [4.78, 5) is 10.9. The lowest BCUT2D eigenvalue weighted by molar-refractivity contribution is -0.384. The van der Waals surface area contributed by atoms with Crippen molar-refractivity contribution in [3.05, 3.63) is 33.9 Å². The zero-order chi connectivity index (χ0) is 13.8. The van der Waals surface area contributed by atoms with Crippen LogP contribution in [0.3, 0.4) is 0 Å². The van der Waals surface area contributed by atoms with Crippen molar-refractivity contribution >= 4 is 23.1 Å². The zero-order valence-electron chi connectivity index (χ0n) is 11.4. The third-order valence-corrected chi connectivity index (χ3v) is 4.80. The Balaban J connectivity index is 2.08. The largest absolute Gasteiger partial charge is 0.377 e. The molecule has 2 rings (SSSR count). The van der Waals surface area contributed by atoms with E-state index < -0.39 is 0 Å². The SMILES string of the molecule is CCSC1CCC(Nc2cccc(C)c2[N+](=O)[O-])C1. The Morgan fingerprint density at radius 3 is 2.95 bits per heavy atom. The van der Waals surface area contributed by atoms with Crippen LogP contribution >= 0.6 is 11.8 Å². The molecule has 0 aliphatic heterocycles. The highest BCUT2D eigenvalue weighted by Crippen LogP contribution is 2.34. The minimum absolute atomic E-state index is 0.217. The van der Waals surface area contributed by atoms with Gasteiger partial charge in [-0.2, -0.15) is 11.8 Å². The first-order valence-electron chi connectivity index (χ1n) is 6.74. The molecule has 0 amide bonds. The Bertz CT molecular complexity index is 465. The maximum Gasteiger partial charge on any atom is 0.295 e. The van der Waals surface area contributed by atoms with Crippen LogP contribution < -0.4 is 5.32 Å². The van der Waals surface area contributed by atoms with E-state index in [2.05, 4.69) is 12.2 Å². The van der Waals surface area contributed by atoms with Crippen LogP contribution in [0.15, 0.2) is 18.2 Å². The van der Waals surface area contributed by atoms with Crippen LogP contribution in [0, 0.1) is 17.0 Å². The minimum atomic E-state index is -0.287. The fourth-order valence-corrected chi connectivity index (χ4v) is 3.84. The van der Waals surface area contributed by atoms with Crippen LogP contribution in [0.5, 0.6) is 0 Å². The van der Waals surface area contributed by atoms with E-state index in [-0.39, 0.29) is 10.6 Å². The van der Waals surface area contributed by atoms with Gasteiger partial charge in [0, 0.05) is 16.9 Å². The third-order valence-electron chi connectivity index (χ3n) is 3.57. The van der Waals surface area contributed by atoms with E-state index in [1.165, 1.54) is 6.42 Å². The third kappa shape index (κ3) is 3.41. The number of aryl methyl sites for hydroxylation is 1. The normalized spacial score (nSPS) is 22.4. The summed E-state index contributed by atoms with van der Waals surface area (Å²) < 4.78 is 0. The summed E-state index contributed by atoms with van der Waals surface area (Å²) in [6.45, 7) is 3.96. The molecule has 0 radical (unpaired) electrons. The fraction of sp³-hybridized carbons (Fsp3) is 0.571. The molecule has 0 aromatic heterocycles. The van der Waals surface area contributed by atoms with Gasteiger partial charge in [0.05, 0.1) is 4.92 Å². The monoisotopic (exact) mass is 280 g/mol. The summed E-state index contributed by atoms with van der Waals surface area (Å²) >= 11 is 1.99. The molecule has 0 spiro atoms. The smallest absolute Gasteiger partial charge is 0.295 e. The van der Waals surface area contributed by atoms with Crippen molar-refractivity contribution in [1.82, 2.24) is 0 Å². The number of nitrogens with zero attached hydrogens (tertiary/aromatic N) is 1. The van der Waals surface area contributed by atoms with E-state index in [0.29, 0.717) is 22.5 Å². The van der Waals surface area contributed by atoms with Crippen molar-refractivity contribution in [2.24, 2.45) is 0 Å². The lowest BCUT2D eigenvalue weighted by atomic mass is 10.1. The quantitative estimate of drug-likeness (QED) is 0.654. The van der Waals surface area contributed by atoms with Gasteiger partial charge in [-0.3, -0.25) is 10.1 Å². The maximum atomic E-state index is 11.1. The van der Waals surface area contributed by atoms with Gasteiger partial charge in [-0.05, 0) is 38.0 Å². The second-order valence-corrected chi connectivity index (χ2v) is 6.54. The van der Waals surface area contributed by atoms with Crippen LogP contribution in [0.4, 0.5) is 11.4 Å². The van der Waals surface area contributed by atoms with Gasteiger partial charge in [-0.25, -0.2) is 0 Å². The molecule has 4 nitrogen and oxygen atoms in total. The average molecular weight is 280 g/mol. The van der Waals surface area contributed by atoms with E-state index in [9.17, 15) is 10.1 Å². The summed E-state index contributed by atoms with van der Waals surface area (Å²) in [5.41, 5.74) is 1.60. The van der Waals surface area contributed by atoms with E-state index in [1.807, 2.05) is 23.9 Å². The lowest BCUT2D eigenvalue weighted by Gasteiger charge is -2.15. The molecule has 1 fully saturated rings. The zero-order valence-corrected chi connectivity index (χ0v) is 12.2. The predicted molar refractivity (Wildman–Crippen MR) is 81.0 cm³/mol. The van der Waals surface area contributed by atoms with E-state index in [0.717, 1.165) is 18.6 Å². The van der Waals surface area contributed by atoms with Crippen molar-refractivity contribution < 1.29 is 4.92 Å². The number of hydrogen-bond donors (Lipinski definition) is 1. The Kier molecular flexibility index (Phi) is 4.69. The lowest BCUT2D eigenvalue weighted by Crippen LogP contribution is -2.17. The maximum absolute atomic E-state index is 11.1. The number of nitro benzene ring substituents is 1. The first-order chi connectivity index (χ1) is 9.11. The van der Waals surface area contributed by atoms with Gasteiger partial charge in [0.2, 0.25) is 0 Å². The van der Waals surface area contributed by atoms with Crippen LogP contribution in [-0.4, -0.2) is 22.0 Å². The summed E-state index contributed by atoms with van der Waals surface area (Å²) in [7, 11) is 0. The molecule has 0 bridgehead atoms. The highest BCUT2D eigenvalue weighted by molar-refractivity contribution is 7.99. The van der Waals surface area contributed by atoms with Crippen LogP contribution in [0.25, 0.3) is 0 Å². The number of para-hydroxylation sites is 1. The summed E-state index contributed by atoms with van der Waals surface area (Å²) in [5, 5.41) is 15.2. The summed E-state index contributed by atoms with van der Waals surface area (Å²) in [6.07, 6.45) is 3.40. The highest BCUT2D eigenvalue weighted by atomic mass is 32.2. The number of thioether (sulfide) groups is 1. The Morgan fingerprint density at radius 1 is 1.47 bits per heavy atom. The standard InChI is InChI=1S/C14H20N2O2S/c1-3-19-12-8-7-11(9-12)15-13-6-4-5-10(2)14(13)16(17)18/h4-6,11-12,15H,3,7-9H2,1-2H3. The molecule has 1 aliphatic carbocycles. The van der Waals surface area contributed by atoms with Gasteiger partial charge in [0.1, 0.15) is 5.69 Å². The van der Waals surface area contributed by atoms with Gasteiger partial charge >= 0.3 is 0 Å². The molecule has 2 atom stereocenters. The molecule has 0 heterocycles. The number of nitrogens with one attached hydrogen (secondary N) is 1. The molecule has 1 aromatic rings. The van der Waals surface area contributed by atoms with E-state index in [4.69, 9.17) is 0 Å². The first-order valence-corrected chi connectivity index (χ1v) is 7.78. The molecule has 1 aliphatic rings. The Labute approximate surface area is 118 Å². The topological polar surface area (TPSA) is 55.2 Å². The van der Waals surface area contributed by atoms with Gasteiger partial charge < -0.3 is 5.32 Å². The fourth-order valence-electron chi connectivity index (χ4n) is 2.70. The van der Waals surface area contributed by atoms with Crippen LogP contribution in [0.1, 0.15) is 31.7 Å². The van der Waals surface area contributed by atoms with Crippen molar-refractivity contribution in [1.29, 1.82) is 0 Å². The average Bonchev–Trinajstić information content (AvgIpc) is 2.76. The van der Waals surface area contributed by atoms with Crippen LogP contribution in [0.2, 0.25) is 0 Å². The number of nitro groups is 1. The number of anilines is 1. The van der Waals surface area contributed by atoms with Gasteiger partial charge in [0.25, 0.3) is 5.69 Å². The molecule has 19 heavy (non-hydrogen) atoms. The molecule has 2 unspecified atom stereocenters. The van der Waals surface area contributed by atoms with Gasteiger partial charge in [-0.15, -0.1) is 0 Å². The highest BCUT2D eigenvalue weighted by Gasteiger charge is 2.26. The predicted octanol–water partition coefficient (Wildman–Crippen LogP) is 3.99. The van der Waals surface area contributed by atoms with E-state index in [1.54, 1.807) is 13.0 Å². The molecule has 104 valence electrons. The number of rotatable bonds is 5. The molecular formula is C14H20N2O2S. The molecule has 1 aromatic carbocycles. The summed E-state index contributed by atoms with van der Waals surface area (Å²) in [5.74, 6) is 1.14. The van der Waals surface area contributed by atoms with Crippen molar-refractivity contribution in [3.8, 4) is 0 Å². The molecule has 0 saturated heterocycles. The second-order valence-electron chi connectivity index (χ2n) is 4.96. The first kappa shape index (κ1) is 14.2. The van der Waals surface area contributed by atoms with Crippen molar-refractivity contribution in [2.75, 3.05) is 11.1 Å². The number of hydrogen-bond acceptors (Lipinski definition) is 4. The van der Waals surface area contributed by atoms with Gasteiger partial charge in [0.15, 0.2) is 0 Å². The number of benzene rings is 1. The molecular weight excluding hydrogens is 260 g/mol. The second kappa shape index (κ2) is 6.28. The molecule has 1 saturated carbocycles. The van der Waals surface area contributed by atoms with Gasteiger partial charge in [-0.1, -0.05) is 19.1 Å². The Morgan fingerprint density at radius 2 is 2.26 bits per heavy atom.